The molecule has 104 valence electrons. The third kappa shape index (κ3) is 2.73. The standard InChI is InChI=1S/C13H19N3O2S/c1-4-18-11-7-5-6-10-12(11)15-13(14)16(10)9(2)8-19(3)17/h5-7,9H,4,8H2,1-3H3,(H2,14,15). The van der Waals surface area contributed by atoms with Gasteiger partial charge in [-0.3, -0.25) is 4.21 Å². The van der Waals surface area contributed by atoms with Crippen molar-refractivity contribution in [3.8, 4) is 5.75 Å². The Balaban J connectivity index is 2.53. The van der Waals surface area contributed by atoms with Crippen molar-refractivity contribution in [1.82, 2.24) is 9.55 Å². The molecule has 0 aliphatic carbocycles. The number of aromatic nitrogens is 2. The first-order valence-electron chi connectivity index (χ1n) is 6.23. The molecule has 2 aromatic rings. The van der Waals surface area contributed by atoms with Crippen LogP contribution in [0.1, 0.15) is 19.9 Å². The van der Waals surface area contributed by atoms with Gasteiger partial charge in [-0.05, 0) is 26.0 Å². The smallest absolute Gasteiger partial charge is 0.201 e. The van der Waals surface area contributed by atoms with Crippen LogP contribution in [0.15, 0.2) is 18.2 Å². The molecule has 1 heterocycles. The molecule has 0 aliphatic rings. The number of hydrogen-bond acceptors (Lipinski definition) is 4. The first-order chi connectivity index (χ1) is 9.04. The molecule has 0 radical (unpaired) electrons. The number of nitrogen functional groups attached to an aromatic ring is 1. The predicted molar refractivity (Wildman–Crippen MR) is 79.0 cm³/mol. The van der Waals surface area contributed by atoms with Gasteiger partial charge in [0.2, 0.25) is 5.95 Å². The number of nitrogens with zero attached hydrogens (tertiary/aromatic N) is 2. The Bertz CT molecular complexity index is 609. The van der Waals surface area contributed by atoms with Crippen LogP contribution < -0.4 is 10.5 Å². The number of ether oxygens (including phenoxy) is 1. The molecule has 2 rings (SSSR count). The molecule has 2 N–H and O–H groups in total. The van der Waals surface area contributed by atoms with E-state index >= 15 is 0 Å². The number of hydrogen-bond donors (Lipinski definition) is 1. The Hall–Kier alpha value is -1.56. The van der Waals surface area contributed by atoms with Crippen molar-refractivity contribution in [3.05, 3.63) is 18.2 Å². The highest BCUT2D eigenvalue weighted by Crippen LogP contribution is 2.29. The van der Waals surface area contributed by atoms with Crippen LogP contribution in [0.5, 0.6) is 5.75 Å². The van der Waals surface area contributed by atoms with Crippen molar-refractivity contribution in [1.29, 1.82) is 0 Å². The summed E-state index contributed by atoms with van der Waals surface area (Å²) in [6, 6.07) is 5.79. The van der Waals surface area contributed by atoms with Crippen LogP contribution in [0.25, 0.3) is 11.0 Å². The van der Waals surface area contributed by atoms with Crippen molar-refractivity contribution in [2.45, 2.75) is 19.9 Å². The molecule has 1 aromatic heterocycles. The van der Waals surface area contributed by atoms with E-state index in [0.717, 1.165) is 16.8 Å². The van der Waals surface area contributed by atoms with Gasteiger partial charge in [0.25, 0.3) is 0 Å². The highest BCUT2D eigenvalue weighted by molar-refractivity contribution is 7.84. The zero-order chi connectivity index (χ0) is 14.0. The SMILES string of the molecule is CCOc1cccc2c1nc(N)n2C(C)CS(C)=O. The van der Waals surface area contributed by atoms with Gasteiger partial charge >= 0.3 is 0 Å². The second-order valence-corrected chi connectivity index (χ2v) is 5.97. The van der Waals surface area contributed by atoms with E-state index in [0.29, 0.717) is 18.3 Å². The van der Waals surface area contributed by atoms with Crippen LogP contribution in [0.4, 0.5) is 5.95 Å². The number of fused-ring (bicyclic) bond motifs is 1. The fourth-order valence-corrected chi connectivity index (χ4v) is 3.09. The first-order valence-corrected chi connectivity index (χ1v) is 7.96. The van der Waals surface area contributed by atoms with Gasteiger partial charge in [0, 0.05) is 28.9 Å². The highest BCUT2D eigenvalue weighted by atomic mass is 32.2. The van der Waals surface area contributed by atoms with Crippen LogP contribution >= 0.6 is 0 Å². The summed E-state index contributed by atoms with van der Waals surface area (Å²) in [6.07, 6.45) is 1.69. The molecule has 0 amide bonds. The summed E-state index contributed by atoms with van der Waals surface area (Å²) in [7, 11) is -0.876. The number of nitrogens with two attached hydrogens (primary N) is 1. The minimum absolute atomic E-state index is 0.0349. The molecule has 1 aromatic carbocycles. The first kappa shape index (κ1) is 13.9. The fourth-order valence-electron chi connectivity index (χ4n) is 2.26. The monoisotopic (exact) mass is 281 g/mol. The van der Waals surface area contributed by atoms with Gasteiger partial charge in [-0.2, -0.15) is 0 Å². The summed E-state index contributed by atoms with van der Waals surface area (Å²) in [5.41, 5.74) is 7.67. The lowest BCUT2D eigenvalue weighted by Gasteiger charge is -2.14. The van der Waals surface area contributed by atoms with Crippen LogP contribution in [0.3, 0.4) is 0 Å². The van der Waals surface area contributed by atoms with Crippen molar-refractivity contribution >= 4 is 27.8 Å². The quantitative estimate of drug-likeness (QED) is 0.909. The molecule has 0 fully saturated rings. The van der Waals surface area contributed by atoms with Crippen LogP contribution in [0, 0.1) is 0 Å². The van der Waals surface area contributed by atoms with Gasteiger partial charge in [0.1, 0.15) is 11.3 Å². The van der Waals surface area contributed by atoms with Crippen molar-refractivity contribution in [2.75, 3.05) is 24.3 Å². The number of anilines is 1. The Morgan fingerprint density at radius 1 is 1.53 bits per heavy atom. The van der Waals surface area contributed by atoms with E-state index in [1.807, 2.05) is 36.6 Å². The van der Waals surface area contributed by atoms with E-state index in [9.17, 15) is 4.21 Å². The third-order valence-electron chi connectivity index (χ3n) is 2.93. The molecular formula is C13H19N3O2S. The molecule has 0 saturated heterocycles. The summed E-state index contributed by atoms with van der Waals surface area (Å²) in [5.74, 6) is 1.71. The fraction of sp³-hybridized carbons (Fsp3) is 0.462. The van der Waals surface area contributed by atoms with E-state index in [4.69, 9.17) is 10.5 Å². The summed E-state index contributed by atoms with van der Waals surface area (Å²) in [6.45, 7) is 4.51. The highest BCUT2D eigenvalue weighted by Gasteiger charge is 2.17. The van der Waals surface area contributed by atoms with Gasteiger partial charge in [-0.15, -0.1) is 0 Å². The van der Waals surface area contributed by atoms with Crippen molar-refractivity contribution in [2.24, 2.45) is 0 Å². The number of benzene rings is 1. The maximum Gasteiger partial charge on any atom is 0.201 e. The molecule has 0 spiro atoms. The minimum atomic E-state index is -0.876. The van der Waals surface area contributed by atoms with Crippen molar-refractivity contribution < 1.29 is 8.95 Å². The number of para-hydroxylation sites is 1. The second-order valence-electron chi connectivity index (χ2n) is 4.49. The molecular weight excluding hydrogens is 262 g/mol. The van der Waals surface area contributed by atoms with Gasteiger partial charge in [-0.1, -0.05) is 6.07 Å². The summed E-state index contributed by atoms with van der Waals surface area (Å²) in [4.78, 5) is 4.38. The summed E-state index contributed by atoms with van der Waals surface area (Å²) >= 11 is 0. The van der Waals surface area contributed by atoms with Gasteiger partial charge < -0.3 is 15.0 Å². The van der Waals surface area contributed by atoms with Gasteiger partial charge in [0.15, 0.2) is 0 Å². The molecule has 5 nitrogen and oxygen atoms in total. The number of rotatable bonds is 5. The normalized spacial score (nSPS) is 14.5. The van der Waals surface area contributed by atoms with Crippen LogP contribution in [-0.2, 0) is 10.8 Å². The Labute approximate surface area is 115 Å². The molecule has 2 atom stereocenters. The zero-order valence-corrected chi connectivity index (χ0v) is 12.2. The summed E-state index contributed by atoms with van der Waals surface area (Å²) < 4.78 is 18.9. The maximum absolute atomic E-state index is 11.4. The predicted octanol–water partition coefficient (Wildman–Crippen LogP) is 1.96. The van der Waals surface area contributed by atoms with Crippen molar-refractivity contribution in [3.63, 3.8) is 0 Å². The molecule has 0 bridgehead atoms. The van der Waals surface area contributed by atoms with E-state index in [-0.39, 0.29) is 6.04 Å². The third-order valence-corrected chi connectivity index (χ3v) is 3.88. The molecule has 2 unspecified atom stereocenters. The van der Waals surface area contributed by atoms with E-state index in [2.05, 4.69) is 4.98 Å². The largest absolute Gasteiger partial charge is 0.492 e. The molecule has 0 saturated carbocycles. The lowest BCUT2D eigenvalue weighted by Crippen LogP contribution is -2.14. The average Bonchev–Trinajstić information content (AvgIpc) is 2.66. The minimum Gasteiger partial charge on any atom is -0.492 e. The Morgan fingerprint density at radius 3 is 2.89 bits per heavy atom. The molecule has 0 aliphatic heterocycles. The zero-order valence-electron chi connectivity index (χ0n) is 11.4. The van der Waals surface area contributed by atoms with E-state index in [1.165, 1.54) is 0 Å². The lowest BCUT2D eigenvalue weighted by molar-refractivity contribution is 0.343. The van der Waals surface area contributed by atoms with Gasteiger partial charge in [-0.25, -0.2) is 4.98 Å². The van der Waals surface area contributed by atoms with Crippen LogP contribution in [-0.4, -0.2) is 32.4 Å². The average molecular weight is 281 g/mol. The molecule has 19 heavy (non-hydrogen) atoms. The van der Waals surface area contributed by atoms with E-state index in [1.54, 1.807) is 6.26 Å². The number of imidazole rings is 1. The van der Waals surface area contributed by atoms with Crippen LogP contribution in [0.2, 0.25) is 0 Å². The van der Waals surface area contributed by atoms with E-state index < -0.39 is 10.8 Å². The molecule has 6 heteroatoms. The summed E-state index contributed by atoms with van der Waals surface area (Å²) in [5, 5.41) is 0. The Kier molecular flexibility index (Phi) is 4.09. The Morgan fingerprint density at radius 2 is 2.26 bits per heavy atom. The van der Waals surface area contributed by atoms with Gasteiger partial charge in [0.05, 0.1) is 12.1 Å². The lowest BCUT2D eigenvalue weighted by atomic mass is 10.2. The topological polar surface area (TPSA) is 70.1 Å². The second kappa shape index (κ2) is 5.61. The maximum atomic E-state index is 11.4.